The summed E-state index contributed by atoms with van der Waals surface area (Å²) in [6.45, 7) is 9.39. The molecule has 1 aliphatic heterocycles. The van der Waals surface area contributed by atoms with E-state index >= 15 is 0 Å². The monoisotopic (exact) mass is 627 g/mol. The smallest absolute Gasteiger partial charge is 0.227 e. The summed E-state index contributed by atoms with van der Waals surface area (Å²) in [4.78, 5) is 33.4. The van der Waals surface area contributed by atoms with E-state index in [0.29, 0.717) is 11.3 Å². The van der Waals surface area contributed by atoms with Gasteiger partial charge in [-0.1, -0.05) is 51.1 Å². The summed E-state index contributed by atoms with van der Waals surface area (Å²) in [5.74, 6) is 0.0703. The van der Waals surface area contributed by atoms with Crippen molar-refractivity contribution < 1.29 is 4.79 Å². The Kier molecular flexibility index (Phi) is 11.3. The maximum atomic E-state index is 12.7. The molecule has 4 N–H and O–H groups in total. The van der Waals surface area contributed by atoms with E-state index in [1.807, 2.05) is 30.3 Å². The highest BCUT2D eigenvalue weighted by Gasteiger charge is 2.21. The number of aromatic amines is 2. The molecule has 1 saturated heterocycles. The van der Waals surface area contributed by atoms with Crippen LogP contribution in [0.4, 0.5) is 5.69 Å². The number of benzene rings is 1. The summed E-state index contributed by atoms with van der Waals surface area (Å²) in [6.07, 6.45) is 13.3. The van der Waals surface area contributed by atoms with Crippen LogP contribution in [-0.2, 0) is 4.79 Å². The third kappa shape index (κ3) is 8.03. The average Bonchev–Trinajstić information content (AvgIpc) is 3.74. The molecule has 6 heterocycles. The molecule has 47 heavy (non-hydrogen) atoms. The molecule has 6 aromatic rings. The van der Waals surface area contributed by atoms with Gasteiger partial charge >= 0.3 is 0 Å². The molecule has 10 nitrogen and oxygen atoms in total. The molecule has 1 fully saturated rings. The number of aromatic nitrogens is 6. The number of pyridine rings is 3. The Morgan fingerprint density at radius 1 is 1.00 bits per heavy atom. The van der Waals surface area contributed by atoms with Crippen molar-refractivity contribution in [3.8, 4) is 33.8 Å². The second kappa shape index (κ2) is 16.2. The number of allylic oxidation sites excluding steroid dienone is 1. The molecule has 240 valence electrons. The van der Waals surface area contributed by atoms with Crippen molar-refractivity contribution in [1.82, 2.24) is 35.5 Å². The first-order chi connectivity index (χ1) is 23.1. The first kappa shape index (κ1) is 32.9. The van der Waals surface area contributed by atoms with Crippen LogP contribution in [0.25, 0.3) is 55.7 Å². The van der Waals surface area contributed by atoms with Crippen LogP contribution in [0.3, 0.4) is 0 Å². The number of carbonyl (C=O) groups excluding carboxylic acids is 1. The van der Waals surface area contributed by atoms with E-state index in [2.05, 4.69) is 90.5 Å². The molecule has 5 aromatic heterocycles. The van der Waals surface area contributed by atoms with E-state index in [0.717, 1.165) is 76.0 Å². The molecule has 1 aliphatic rings. The summed E-state index contributed by atoms with van der Waals surface area (Å²) < 4.78 is 0. The Balaban J connectivity index is 0.000000490. The van der Waals surface area contributed by atoms with Gasteiger partial charge in [0.05, 0.1) is 29.0 Å². The molecule has 0 aliphatic carbocycles. The first-order valence-electron chi connectivity index (χ1n) is 15.9. The number of aliphatic imine (C=N–C) groups is 1. The minimum Gasteiger partial charge on any atom is -0.353 e. The second-order valence-corrected chi connectivity index (χ2v) is 11.2. The van der Waals surface area contributed by atoms with Crippen molar-refractivity contribution in [2.24, 2.45) is 10.9 Å². The molecule has 0 bridgehead atoms. The quantitative estimate of drug-likeness (QED) is 0.142. The molecule has 1 amide bonds. The van der Waals surface area contributed by atoms with Crippen molar-refractivity contribution >= 4 is 39.7 Å². The molecule has 0 spiro atoms. The first-order valence-corrected chi connectivity index (χ1v) is 15.9. The highest BCUT2D eigenvalue weighted by molar-refractivity contribution is 6.01. The van der Waals surface area contributed by atoms with Gasteiger partial charge in [-0.05, 0) is 62.3 Å². The highest BCUT2D eigenvalue weighted by Crippen LogP contribution is 2.34. The molecule has 1 aromatic carbocycles. The lowest BCUT2D eigenvalue weighted by molar-refractivity contribution is -0.120. The highest BCUT2D eigenvalue weighted by atomic mass is 16.1. The molecule has 0 unspecified atom stereocenters. The number of H-pyrrole nitrogens is 2. The Morgan fingerprint density at radius 2 is 1.81 bits per heavy atom. The lowest BCUT2D eigenvalue weighted by Crippen LogP contribution is -2.34. The van der Waals surface area contributed by atoms with Gasteiger partial charge in [-0.25, -0.2) is 4.98 Å². The number of piperidine rings is 1. The van der Waals surface area contributed by atoms with Gasteiger partial charge in [-0.3, -0.25) is 24.9 Å². The number of amides is 1. The standard InChI is InChI=1S/C30H26N8O.C4H7N.C3H8/c39-30(18-7-10-31-11-8-18)35-21-12-19(15-32-17-21)20-13-24-28(37-38-29(24)34-16-20)27-14-23-22(4-3-6-26(23)36-27)25-5-1-2-9-33-25;1-3-4-5-2;1-3-2/h1-6,9,12-18,31,36H,7-8,10-11H2,(H,35,39)(H,34,37,38);3-4H,1H2,2H3;3H2,1-2H3. The van der Waals surface area contributed by atoms with Gasteiger partial charge in [0.25, 0.3) is 0 Å². The molecular weight excluding hydrogens is 586 g/mol. The predicted octanol–water partition coefficient (Wildman–Crippen LogP) is 7.46. The molecule has 10 heteroatoms. The number of anilines is 1. The number of carbonyl (C=O) groups is 1. The Bertz CT molecular complexity index is 1950. The van der Waals surface area contributed by atoms with Gasteiger partial charge in [0.2, 0.25) is 5.91 Å². The zero-order chi connectivity index (χ0) is 33.0. The summed E-state index contributed by atoms with van der Waals surface area (Å²) in [6, 6.07) is 18.2. The van der Waals surface area contributed by atoms with Crippen LogP contribution < -0.4 is 10.6 Å². The van der Waals surface area contributed by atoms with Crippen LogP contribution in [0, 0.1) is 5.92 Å². The lowest BCUT2D eigenvalue weighted by Gasteiger charge is -2.21. The summed E-state index contributed by atoms with van der Waals surface area (Å²) in [5, 5.41) is 15.9. The van der Waals surface area contributed by atoms with Crippen molar-refractivity contribution in [2.75, 3.05) is 25.5 Å². The maximum absolute atomic E-state index is 12.7. The van der Waals surface area contributed by atoms with E-state index in [1.54, 1.807) is 44.1 Å². The minimum absolute atomic E-state index is 0.0240. The predicted molar refractivity (Wildman–Crippen MR) is 192 cm³/mol. The van der Waals surface area contributed by atoms with Crippen LogP contribution in [-0.4, -0.2) is 62.4 Å². The van der Waals surface area contributed by atoms with Gasteiger partial charge in [0.15, 0.2) is 5.65 Å². The maximum Gasteiger partial charge on any atom is 0.227 e. The minimum atomic E-state index is 0.0240. The zero-order valence-electron chi connectivity index (χ0n) is 27.1. The van der Waals surface area contributed by atoms with E-state index in [-0.39, 0.29) is 11.8 Å². The summed E-state index contributed by atoms with van der Waals surface area (Å²) in [5.41, 5.74) is 7.83. The van der Waals surface area contributed by atoms with E-state index in [9.17, 15) is 4.79 Å². The average molecular weight is 628 g/mol. The van der Waals surface area contributed by atoms with Crippen molar-refractivity contribution in [3.05, 3.63) is 92.0 Å². The third-order valence-corrected chi connectivity index (χ3v) is 7.59. The number of nitrogens with zero attached hydrogens (tertiary/aromatic N) is 5. The number of fused-ring (bicyclic) bond motifs is 2. The normalized spacial score (nSPS) is 13.1. The number of hydrogen-bond acceptors (Lipinski definition) is 7. The van der Waals surface area contributed by atoms with E-state index in [1.165, 1.54) is 6.42 Å². The molecule has 0 saturated carbocycles. The van der Waals surface area contributed by atoms with Crippen molar-refractivity contribution in [2.45, 2.75) is 33.1 Å². The molecule has 0 radical (unpaired) electrons. The van der Waals surface area contributed by atoms with Crippen molar-refractivity contribution in [3.63, 3.8) is 0 Å². The number of rotatable bonds is 6. The fourth-order valence-corrected chi connectivity index (χ4v) is 5.40. The van der Waals surface area contributed by atoms with Gasteiger partial charge in [-0.15, -0.1) is 0 Å². The van der Waals surface area contributed by atoms with Crippen molar-refractivity contribution in [1.29, 1.82) is 0 Å². The molecule has 0 atom stereocenters. The van der Waals surface area contributed by atoms with E-state index in [4.69, 9.17) is 0 Å². The largest absolute Gasteiger partial charge is 0.353 e. The van der Waals surface area contributed by atoms with Crippen LogP contribution in [0.2, 0.25) is 0 Å². The zero-order valence-corrected chi connectivity index (χ0v) is 27.1. The number of hydrogen-bond donors (Lipinski definition) is 4. The summed E-state index contributed by atoms with van der Waals surface area (Å²) in [7, 11) is 1.71. The fraction of sp³-hybridized carbons (Fsp3) is 0.243. The SMILES string of the molecule is C=CC=NC.CCC.O=C(Nc1cncc(-c2cnc3n[nH]c(-c4cc5c(-c6ccccn6)cccc5[nH]4)c3c2)c1)C1CCNCC1. The Morgan fingerprint density at radius 3 is 2.53 bits per heavy atom. The van der Waals surface area contributed by atoms with Gasteiger partial charge in [-0.2, -0.15) is 5.10 Å². The van der Waals surface area contributed by atoms with Crippen LogP contribution in [0.5, 0.6) is 0 Å². The van der Waals surface area contributed by atoms with Crippen LogP contribution in [0.1, 0.15) is 33.1 Å². The second-order valence-electron chi connectivity index (χ2n) is 11.2. The summed E-state index contributed by atoms with van der Waals surface area (Å²) >= 11 is 0. The van der Waals surface area contributed by atoms with Gasteiger partial charge in [0.1, 0.15) is 0 Å². The van der Waals surface area contributed by atoms with Crippen LogP contribution in [0.15, 0.2) is 97.0 Å². The molecular formula is C37H41N9O. The Labute approximate surface area is 274 Å². The fourth-order valence-electron chi connectivity index (χ4n) is 5.40. The van der Waals surface area contributed by atoms with Gasteiger partial charge in [0, 0.05) is 70.8 Å². The van der Waals surface area contributed by atoms with Gasteiger partial charge < -0.3 is 15.6 Å². The van der Waals surface area contributed by atoms with Crippen LogP contribution >= 0.6 is 0 Å². The van der Waals surface area contributed by atoms with E-state index < -0.39 is 0 Å². The molecule has 7 rings (SSSR count). The Hall–Kier alpha value is -5.48. The topological polar surface area (TPSA) is 137 Å². The third-order valence-electron chi connectivity index (χ3n) is 7.59. The number of nitrogens with one attached hydrogen (secondary N) is 4. The lowest BCUT2D eigenvalue weighted by atomic mass is 9.97.